The van der Waals surface area contributed by atoms with Crippen molar-refractivity contribution in [2.45, 2.75) is 45.3 Å². The van der Waals surface area contributed by atoms with Gasteiger partial charge in [-0.3, -0.25) is 0 Å². The maximum absolute atomic E-state index is 14.5. The Bertz CT molecular complexity index is 355. The fourth-order valence-corrected chi connectivity index (χ4v) is 2.29. The average Bonchev–Trinajstić information content (AvgIpc) is 2.65. The van der Waals surface area contributed by atoms with E-state index in [1.165, 1.54) is 6.33 Å². The quantitative estimate of drug-likeness (QED) is 0.868. The van der Waals surface area contributed by atoms with Crippen molar-refractivity contribution in [1.82, 2.24) is 20.1 Å². The monoisotopic (exact) mass is 240 g/mol. The molecule has 1 aliphatic heterocycles. The van der Waals surface area contributed by atoms with E-state index in [1.807, 2.05) is 4.68 Å². The maximum Gasteiger partial charge on any atom is 0.138 e. The Morgan fingerprint density at radius 2 is 2.41 bits per heavy atom. The molecule has 0 aromatic carbocycles. The number of piperidine rings is 1. The van der Waals surface area contributed by atoms with Gasteiger partial charge in [-0.1, -0.05) is 13.8 Å². The van der Waals surface area contributed by atoms with Gasteiger partial charge in [0.2, 0.25) is 0 Å². The number of nitrogens with one attached hydrogen (secondary N) is 1. The average molecular weight is 240 g/mol. The van der Waals surface area contributed by atoms with E-state index in [9.17, 15) is 4.39 Å². The molecule has 0 radical (unpaired) electrons. The fraction of sp³-hybridized carbons (Fsp3) is 0.833. The van der Waals surface area contributed by atoms with E-state index in [0.717, 1.165) is 25.3 Å². The molecule has 1 saturated heterocycles. The standard InChI is InChI=1S/C12H21FN4/c1-10(2)7-17-11(15-9-16-17)6-12(13)4-3-5-14-8-12/h9-10,14H,3-8H2,1-2H3. The third-order valence-electron chi connectivity index (χ3n) is 3.13. The topological polar surface area (TPSA) is 42.7 Å². The van der Waals surface area contributed by atoms with Gasteiger partial charge >= 0.3 is 0 Å². The Morgan fingerprint density at radius 3 is 3.06 bits per heavy atom. The summed E-state index contributed by atoms with van der Waals surface area (Å²) >= 11 is 0. The third-order valence-corrected chi connectivity index (χ3v) is 3.13. The summed E-state index contributed by atoms with van der Waals surface area (Å²) in [7, 11) is 0. The minimum absolute atomic E-state index is 0.368. The highest BCUT2D eigenvalue weighted by Crippen LogP contribution is 2.25. The van der Waals surface area contributed by atoms with E-state index in [1.54, 1.807) is 0 Å². The predicted molar refractivity (Wildman–Crippen MR) is 64.5 cm³/mol. The van der Waals surface area contributed by atoms with Crippen LogP contribution in [0.1, 0.15) is 32.5 Å². The van der Waals surface area contributed by atoms with Gasteiger partial charge in [0, 0.05) is 19.5 Å². The molecule has 0 bridgehead atoms. The third kappa shape index (κ3) is 3.25. The summed E-state index contributed by atoms with van der Waals surface area (Å²) in [6.07, 6.45) is 3.41. The molecule has 5 heteroatoms. The van der Waals surface area contributed by atoms with Crippen LogP contribution in [0.15, 0.2) is 6.33 Å². The van der Waals surface area contributed by atoms with E-state index in [-0.39, 0.29) is 0 Å². The molecule has 2 heterocycles. The first kappa shape index (κ1) is 12.5. The van der Waals surface area contributed by atoms with E-state index in [0.29, 0.717) is 25.3 Å². The number of rotatable bonds is 4. The largest absolute Gasteiger partial charge is 0.314 e. The van der Waals surface area contributed by atoms with Crippen molar-refractivity contribution >= 4 is 0 Å². The van der Waals surface area contributed by atoms with Crippen LogP contribution >= 0.6 is 0 Å². The highest BCUT2D eigenvalue weighted by Gasteiger charge is 2.33. The van der Waals surface area contributed by atoms with Gasteiger partial charge in [0.25, 0.3) is 0 Å². The molecule has 0 amide bonds. The molecule has 96 valence electrons. The van der Waals surface area contributed by atoms with E-state index < -0.39 is 5.67 Å². The van der Waals surface area contributed by atoms with Crippen LogP contribution < -0.4 is 5.32 Å². The van der Waals surface area contributed by atoms with E-state index >= 15 is 0 Å². The van der Waals surface area contributed by atoms with Crippen molar-refractivity contribution in [3.63, 3.8) is 0 Å². The lowest BCUT2D eigenvalue weighted by Gasteiger charge is -2.29. The lowest BCUT2D eigenvalue weighted by Crippen LogP contribution is -2.44. The number of hydrogen-bond donors (Lipinski definition) is 1. The smallest absolute Gasteiger partial charge is 0.138 e. The molecule has 1 aromatic heterocycles. The first-order chi connectivity index (χ1) is 8.09. The minimum Gasteiger partial charge on any atom is -0.314 e. The molecule has 2 rings (SSSR count). The van der Waals surface area contributed by atoms with Crippen molar-refractivity contribution in [3.8, 4) is 0 Å². The Kier molecular flexibility index (Phi) is 3.76. The summed E-state index contributed by atoms with van der Waals surface area (Å²) < 4.78 is 16.3. The number of aromatic nitrogens is 3. The lowest BCUT2D eigenvalue weighted by molar-refractivity contribution is 0.118. The molecule has 0 spiro atoms. The molecule has 1 aromatic rings. The maximum atomic E-state index is 14.5. The fourth-order valence-electron chi connectivity index (χ4n) is 2.29. The summed E-state index contributed by atoms with van der Waals surface area (Å²) in [5.74, 6) is 1.26. The molecular weight excluding hydrogens is 219 g/mol. The van der Waals surface area contributed by atoms with Crippen LogP contribution in [0.5, 0.6) is 0 Å². The van der Waals surface area contributed by atoms with Gasteiger partial charge in [-0.05, 0) is 25.3 Å². The molecular formula is C12H21FN4. The molecule has 1 N–H and O–H groups in total. The Hall–Kier alpha value is -0.970. The first-order valence-electron chi connectivity index (χ1n) is 6.35. The molecule has 4 nitrogen and oxygen atoms in total. The molecule has 0 aliphatic carbocycles. The van der Waals surface area contributed by atoms with Gasteiger partial charge in [-0.15, -0.1) is 0 Å². The van der Waals surface area contributed by atoms with E-state index in [2.05, 4.69) is 29.2 Å². The van der Waals surface area contributed by atoms with Crippen molar-refractivity contribution in [2.24, 2.45) is 5.92 Å². The van der Waals surface area contributed by atoms with E-state index in [4.69, 9.17) is 0 Å². The van der Waals surface area contributed by atoms with Gasteiger partial charge in [-0.25, -0.2) is 14.1 Å². The van der Waals surface area contributed by atoms with Crippen LogP contribution in [0.3, 0.4) is 0 Å². The molecule has 1 unspecified atom stereocenters. The van der Waals surface area contributed by atoms with Crippen LogP contribution in [0.4, 0.5) is 4.39 Å². The summed E-state index contributed by atoms with van der Waals surface area (Å²) in [6.45, 7) is 6.41. The number of hydrogen-bond acceptors (Lipinski definition) is 3. The number of halogens is 1. The summed E-state index contributed by atoms with van der Waals surface area (Å²) in [5, 5.41) is 7.29. The van der Waals surface area contributed by atoms with Gasteiger partial charge in [0.05, 0.1) is 0 Å². The number of alkyl halides is 1. The van der Waals surface area contributed by atoms with Gasteiger partial charge in [0.15, 0.2) is 0 Å². The van der Waals surface area contributed by atoms with Crippen LogP contribution in [-0.4, -0.2) is 33.5 Å². The van der Waals surface area contributed by atoms with Crippen molar-refractivity contribution in [2.75, 3.05) is 13.1 Å². The van der Waals surface area contributed by atoms with Crippen molar-refractivity contribution in [1.29, 1.82) is 0 Å². The normalized spacial score (nSPS) is 25.4. The predicted octanol–water partition coefficient (Wildman–Crippen LogP) is 1.57. The van der Waals surface area contributed by atoms with Crippen LogP contribution in [0, 0.1) is 5.92 Å². The molecule has 1 aliphatic rings. The zero-order valence-corrected chi connectivity index (χ0v) is 10.6. The molecule has 17 heavy (non-hydrogen) atoms. The number of nitrogens with zero attached hydrogens (tertiary/aromatic N) is 3. The molecule has 1 atom stereocenters. The Morgan fingerprint density at radius 1 is 1.59 bits per heavy atom. The van der Waals surface area contributed by atoms with Crippen molar-refractivity contribution in [3.05, 3.63) is 12.2 Å². The second-order valence-corrected chi connectivity index (χ2v) is 5.36. The zero-order chi connectivity index (χ0) is 12.3. The lowest BCUT2D eigenvalue weighted by atomic mass is 9.92. The second-order valence-electron chi connectivity index (χ2n) is 5.36. The zero-order valence-electron chi connectivity index (χ0n) is 10.6. The van der Waals surface area contributed by atoms with Crippen LogP contribution in [0.2, 0.25) is 0 Å². The highest BCUT2D eigenvalue weighted by atomic mass is 19.1. The minimum atomic E-state index is -1.15. The van der Waals surface area contributed by atoms with Gasteiger partial charge in [0.1, 0.15) is 17.8 Å². The highest BCUT2D eigenvalue weighted by molar-refractivity contribution is 4.98. The SMILES string of the molecule is CC(C)Cn1ncnc1CC1(F)CCCNC1. The van der Waals surface area contributed by atoms with Crippen LogP contribution in [0.25, 0.3) is 0 Å². The summed E-state index contributed by atoms with van der Waals surface area (Å²) in [5.41, 5.74) is -1.15. The second kappa shape index (κ2) is 5.12. The summed E-state index contributed by atoms with van der Waals surface area (Å²) in [4.78, 5) is 4.19. The Labute approximate surface area is 102 Å². The van der Waals surface area contributed by atoms with Crippen molar-refractivity contribution < 1.29 is 4.39 Å². The van der Waals surface area contributed by atoms with Gasteiger partial charge < -0.3 is 5.32 Å². The Balaban J connectivity index is 2.04. The molecule has 0 saturated carbocycles. The van der Waals surface area contributed by atoms with Crippen LogP contribution in [-0.2, 0) is 13.0 Å². The summed E-state index contributed by atoms with van der Waals surface area (Å²) in [6, 6.07) is 0. The molecule has 1 fully saturated rings. The first-order valence-corrected chi connectivity index (χ1v) is 6.35. The van der Waals surface area contributed by atoms with Gasteiger partial charge in [-0.2, -0.15) is 5.10 Å².